The highest BCUT2D eigenvalue weighted by Gasteiger charge is 2.30. The highest BCUT2D eigenvalue weighted by molar-refractivity contribution is 7.90. The minimum Gasteiger partial charge on any atom is -0.322 e. The number of rotatable bonds is 6. The Hall–Kier alpha value is -4.26. The maximum atomic E-state index is 14.6. The van der Waals surface area contributed by atoms with Crippen LogP contribution in [0.25, 0.3) is 5.69 Å². The van der Waals surface area contributed by atoms with Gasteiger partial charge in [-0.25, -0.2) is 21.9 Å². The largest absolute Gasteiger partial charge is 0.416 e. The lowest BCUT2D eigenvalue weighted by Crippen LogP contribution is -2.26. The molecule has 4 aromatic rings. The highest BCUT2D eigenvalue weighted by atomic mass is 32.2. The molecule has 0 saturated heterocycles. The third-order valence-corrected chi connectivity index (χ3v) is 6.61. The van der Waals surface area contributed by atoms with E-state index in [1.807, 2.05) is 0 Å². The zero-order valence-electron chi connectivity index (χ0n) is 19.5. The van der Waals surface area contributed by atoms with E-state index in [0.717, 1.165) is 52.1 Å². The molecule has 0 aliphatic heterocycles. The van der Waals surface area contributed by atoms with Crippen LogP contribution in [0, 0.1) is 11.6 Å². The average molecular weight is 551 g/mol. The van der Waals surface area contributed by atoms with Crippen molar-refractivity contribution in [2.24, 2.45) is 0 Å². The number of nitrogens with zero attached hydrogens (tertiary/aromatic N) is 2. The van der Waals surface area contributed by atoms with Crippen molar-refractivity contribution in [1.29, 1.82) is 0 Å². The number of hydrogen-bond acceptors (Lipinski definition) is 4. The van der Waals surface area contributed by atoms with E-state index in [1.54, 1.807) is 0 Å². The second kappa shape index (κ2) is 9.89. The van der Waals surface area contributed by atoms with Gasteiger partial charge in [-0.05, 0) is 54.1 Å². The maximum absolute atomic E-state index is 14.6. The van der Waals surface area contributed by atoms with E-state index in [4.69, 9.17) is 0 Å². The van der Waals surface area contributed by atoms with Gasteiger partial charge in [0.1, 0.15) is 17.1 Å². The molecular formula is C25H18F5N3O4S. The Balaban J connectivity index is 1.76. The number of carbonyl (C=O) groups excluding carboxylic acids is 1. The van der Waals surface area contributed by atoms with Gasteiger partial charge in [0.25, 0.3) is 11.5 Å². The lowest BCUT2D eigenvalue weighted by atomic mass is 10.1. The van der Waals surface area contributed by atoms with Crippen LogP contribution in [0.3, 0.4) is 0 Å². The monoisotopic (exact) mass is 551 g/mol. The average Bonchev–Trinajstić information content (AvgIpc) is 3.14. The molecule has 0 aliphatic rings. The lowest BCUT2D eigenvalue weighted by Gasteiger charge is -2.14. The number of sulfone groups is 1. The fourth-order valence-electron chi connectivity index (χ4n) is 3.68. The minimum absolute atomic E-state index is 0.00289. The van der Waals surface area contributed by atoms with Crippen molar-refractivity contribution < 1.29 is 35.2 Å². The molecule has 198 valence electrons. The quantitative estimate of drug-likeness (QED) is 0.354. The molecule has 0 spiro atoms. The van der Waals surface area contributed by atoms with Crippen LogP contribution in [0.1, 0.15) is 21.5 Å². The van der Waals surface area contributed by atoms with Crippen molar-refractivity contribution >= 4 is 21.4 Å². The number of benzene rings is 3. The van der Waals surface area contributed by atoms with Gasteiger partial charge in [0, 0.05) is 24.2 Å². The number of alkyl halides is 3. The molecule has 0 unspecified atom stereocenters. The second-order valence-corrected chi connectivity index (χ2v) is 10.3. The molecule has 4 rings (SSSR count). The Kier molecular flexibility index (Phi) is 6.98. The molecule has 0 fully saturated rings. The van der Waals surface area contributed by atoms with Crippen LogP contribution in [-0.2, 0) is 22.6 Å². The van der Waals surface area contributed by atoms with Gasteiger partial charge in [-0.3, -0.25) is 14.3 Å². The molecule has 0 atom stereocenters. The summed E-state index contributed by atoms with van der Waals surface area (Å²) in [4.78, 5) is 26.2. The van der Waals surface area contributed by atoms with Crippen molar-refractivity contribution in [2.45, 2.75) is 17.6 Å². The molecule has 1 aromatic heterocycles. The predicted octanol–water partition coefficient (Wildman–Crippen LogP) is 4.64. The molecule has 38 heavy (non-hydrogen) atoms. The molecule has 13 heteroatoms. The molecule has 3 aromatic carbocycles. The molecule has 7 nitrogen and oxygen atoms in total. The van der Waals surface area contributed by atoms with E-state index >= 15 is 0 Å². The van der Waals surface area contributed by atoms with Gasteiger partial charge >= 0.3 is 6.18 Å². The van der Waals surface area contributed by atoms with Crippen LogP contribution in [0.4, 0.5) is 27.6 Å². The highest BCUT2D eigenvalue weighted by Crippen LogP contribution is 2.30. The zero-order valence-corrected chi connectivity index (χ0v) is 20.3. The van der Waals surface area contributed by atoms with Crippen LogP contribution in [0.2, 0.25) is 0 Å². The normalized spacial score (nSPS) is 11.9. The Labute approximate surface area is 212 Å². The Bertz CT molecular complexity index is 1690. The standard InChI is InChI=1S/C25H18F5N3O4S/c1-38(36,37)19-8-6-18(7-9-19)31-23(34)20-14-32(13-15-3-2-4-16(11-15)25(28,29)30)33(24(20)35)22-10-5-17(26)12-21(22)27/h2-12,14H,13H2,1H3,(H,31,34). The van der Waals surface area contributed by atoms with Gasteiger partial charge in [0.05, 0.1) is 17.0 Å². The topological polar surface area (TPSA) is 90.2 Å². The summed E-state index contributed by atoms with van der Waals surface area (Å²) in [5, 5.41) is 2.42. The molecular weight excluding hydrogens is 533 g/mol. The fourth-order valence-corrected chi connectivity index (χ4v) is 4.31. The van der Waals surface area contributed by atoms with E-state index < -0.39 is 55.9 Å². The van der Waals surface area contributed by atoms with E-state index in [2.05, 4.69) is 5.32 Å². The fraction of sp³-hybridized carbons (Fsp3) is 0.120. The molecule has 0 radical (unpaired) electrons. The van der Waals surface area contributed by atoms with Gasteiger partial charge in [0.15, 0.2) is 15.7 Å². The number of carbonyl (C=O) groups is 1. The van der Waals surface area contributed by atoms with E-state index in [0.29, 0.717) is 6.07 Å². The second-order valence-electron chi connectivity index (χ2n) is 8.30. The maximum Gasteiger partial charge on any atom is 0.416 e. The summed E-state index contributed by atoms with van der Waals surface area (Å²) in [5.74, 6) is -3.01. The summed E-state index contributed by atoms with van der Waals surface area (Å²) in [5.41, 5.74) is -2.65. The predicted molar refractivity (Wildman–Crippen MR) is 128 cm³/mol. The zero-order chi connectivity index (χ0) is 27.8. The van der Waals surface area contributed by atoms with Crippen molar-refractivity contribution in [3.8, 4) is 5.69 Å². The third-order valence-electron chi connectivity index (χ3n) is 5.48. The molecule has 0 aliphatic carbocycles. The van der Waals surface area contributed by atoms with Gasteiger partial charge < -0.3 is 5.32 Å². The van der Waals surface area contributed by atoms with Crippen LogP contribution in [0.15, 0.2) is 82.6 Å². The molecule has 0 saturated carbocycles. The number of amides is 1. The van der Waals surface area contributed by atoms with Crippen LogP contribution >= 0.6 is 0 Å². The van der Waals surface area contributed by atoms with Crippen molar-refractivity contribution in [3.05, 3.63) is 112 Å². The van der Waals surface area contributed by atoms with E-state index in [9.17, 15) is 40.0 Å². The summed E-state index contributed by atoms with van der Waals surface area (Å²) >= 11 is 0. The molecule has 1 amide bonds. The summed E-state index contributed by atoms with van der Waals surface area (Å²) in [6.45, 7) is -0.369. The molecule has 1 N–H and O–H groups in total. The lowest BCUT2D eigenvalue weighted by molar-refractivity contribution is -0.137. The number of anilines is 1. The van der Waals surface area contributed by atoms with E-state index in [1.165, 1.54) is 30.3 Å². The van der Waals surface area contributed by atoms with Crippen molar-refractivity contribution in [1.82, 2.24) is 9.36 Å². The van der Waals surface area contributed by atoms with Crippen molar-refractivity contribution in [3.63, 3.8) is 0 Å². The SMILES string of the molecule is CS(=O)(=O)c1ccc(NC(=O)c2cn(Cc3cccc(C(F)(F)F)c3)n(-c3ccc(F)cc3F)c2=O)cc1. The summed E-state index contributed by atoms with van der Waals surface area (Å²) in [6.07, 6.45) is -2.59. The first-order valence-electron chi connectivity index (χ1n) is 10.8. The Morgan fingerprint density at radius 1 is 0.974 bits per heavy atom. The van der Waals surface area contributed by atoms with Gasteiger partial charge in [0.2, 0.25) is 0 Å². The summed E-state index contributed by atoms with van der Waals surface area (Å²) < 4.78 is 92.7. The van der Waals surface area contributed by atoms with Gasteiger partial charge in [-0.15, -0.1) is 0 Å². The number of halogens is 5. The summed E-state index contributed by atoms with van der Waals surface area (Å²) in [6, 6.07) is 11.7. The first-order chi connectivity index (χ1) is 17.7. The molecule has 1 heterocycles. The third kappa shape index (κ3) is 5.67. The first-order valence-corrected chi connectivity index (χ1v) is 12.7. The number of hydrogen-bond donors (Lipinski definition) is 1. The van der Waals surface area contributed by atoms with Gasteiger partial charge in [-0.2, -0.15) is 13.2 Å². The number of aromatic nitrogens is 2. The Morgan fingerprint density at radius 2 is 1.66 bits per heavy atom. The minimum atomic E-state index is -4.63. The first kappa shape index (κ1) is 26.8. The molecule has 0 bridgehead atoms. The van der Waals surface area contributed by atoms with Crippen LogP contribution in [-0.4, -0.2) is 29.9 Å². The van der Waals surface area contributed by atoms with Crippen LogP contribution in [0.5, 0.6) is 0 Å². The number of nitrogens with one attached hydrogen (secondary N) is 1. The smallest absolute Gasteiger partial charge is 0.322 e. The van der Waals surface area contributed by atoms with E-state index in [-0.39, 0.29) is 22.7 Å². The summed E-state index contributed by atoms with van der Waals surface area (Å²) in [7, 11) is -3.49. The van der Waals surface area contributed by atoms with Crippen LogP contribution < -0.4 is 10.9 Å². The Morgan fingerprint density at radius 3 is 2.26 bits per heavy atom. The van der Waals surface area contributed by atoms with Gasteiger partial charge in [-0.1, -0.05) is 12.1 Å². The van der Waals surface area contributed by atoms with Crippen molar-refractivity contribution in [2.75, 3.05) is 11.6 Å².